The molecule has 1 aromatic carbocycles. The topological polar surface area (TPSA) is 34.9 Å². The molecule has 66 valence electrons. The lowest BCUT2D eigenvalue weighted by molar-refractivity contribution is 0.264. The van der Waals surface area contributed by atoms with Crippen LogP contribution in [0.1, 0.15) is 5.82 Å². The Hall–Kier alpha value is -0.910. The summed E-state index contributed by atoms with van der Waals surface area (Å²) in [4.78, 5) is 15.5. The van der Waals surface area contributed by atoms with E-state index in [0.717, 1.165) is 16.9 Å². The summed E-state index contributed by atoms with van der Waals surface area (Å²) in [6.45, 7) is 1.83. The fourth-order valence-corrected chi connectivity index (χ4v) is 1.98. The van der Waals surface area contributed by atoms with E-state index in [2.05, 4.69) is 4.98 Å². The van der Waals surface area contributed by atoms with Crippen molar-refractivity contribution in [3.05, 3.63) is 30.1 Å². The first kappa shape index (κ1) is 8.68. The Kier molecular flexibility index (Phi) is 2.07. The number of imidazole rings is 1. The van der Waals surface area contributed by atoms with Crippen LogP contribution in [0.3, 0.4) is 0 Å². The SMILES string of the molecule is Cc1nc2ccccc2n1C(=O)I. The van der Waals surface area contributed by atoms with Gasteiger partial charge in [0.1, 0.15) is 5.82 Å². The van der Waals surface area contributed by atoms with E-state index >= 15 is 0 Å². The second kappa shape index (κ2) is 3.10. The zero-order valence-corrected chi connectivity index (χ0v) is 9.15. The van der Waals surface area contributed by atoms with Gasteiger partial charge in [0.25, 0.3) is 3.91 Å². The molecule has 0 atom stereocenters. The smallest absolute Gasteiger partial charge is 0.262 e. The maximum absolute atomic E-state index is 11.3. The molecule has 2 rings (SSSR count). The Morgan fingerprint density at radius 1 is 1.46 bits per heavy atom. The van der Waals surface area contributed by atoms with Crippen molar-refractivity contribution in [2.24, 2.45) is 0 Å². The van der Waals surface area contributed by atoms with Gasteiger partial charge in [-0.25, -0.2) is 4.98 Å². The molecular formula is C9H7IN2O. The van der Waals surface area contributed by atoms with Crippen LogP contribution >= 0.6 is 22.6 Å². The molecule has 0 spiro atoms. The monoisotopic (exact) mass is 286 g/mol. The fourth-order valence-electron chi connectivity index (χ4n) is 1.37. The van der Waals surface area contributed by atoms with Gasteiger partial charge in [0, 0.05) is 22.6 Å². The summed E-state index contributed by atoms with van der Waals surface area (Å²) in [7, 11) is 0. The molecule has 0 saturated heterocycles. The summed E-state index contributed by atoms with van der Waals surface area (Å²) in [5, 5.41) is 0. The summed E-state index contributed by atoms with van der Waals surface area (Å²) in [5.74, 6) is 0.737. The minimum Gasteiger partial charge on any atom is -0.262 e. The average Bonchev–Trinajstić information content (AvgIpc) is 2.39. The first-order valence-corrected chi connectivity index (χ1v) is 4.92. The molecule has 0 saturated carbocycles. The largest absolute Gasteiger partial charge is 0.293 e. The highest BCUT2D eigenvalue weighted by Gasteiger charge is 2.09. The molecule has 0 unspecified atom stereocenters. The average molecular weight is 286 g/mol. The molecule has 0 aliphatic rings. The summed E-state index contributed by atoms with van der Waals surface area (Å²) in [5.41, 5.74) is 1.74. The Morgan fingerprint density at radius 3 is 2.85 bits per heavy atom. The third kappa shape index (κ3) is 1.35. The number of halogens is 1. The normalized spacial score (nSPS) is 10.6. The molecule has 0 radical (unpaired) electrons. The highest BCUT2D eigenvalue weighted by atomic mass is 127. The minimum atomic E-state index is -0.0243. The third-order valence-corrected chi connectivity index (χ3v) is 2.39. The van der Waals surface area contributed by atoms with Gasteiger partial charge in [-0.2, -0.15) is 0 Å². The van der Waals surface area contributed by atoms with Gasteiger partial charge >= 0.3 is 0 Å². The number of nitrogens with zero attached hydrogens (tertiary/aromatic N) is 2. The lowest BCUT2D eigenvalue weighted by atomic mass is 10.3. The number of aryl methyl sites for hydroxylation is 1. The highest BCUT2D eigenvalue weighted by molar-refractivity contribution is 14.1. The molecule has 1 aromatic heterocycles. The van der Waals surface area contributed by atoms with Gasteiger partial charge in [-0.1, -0.05) is 12.1 Å². The van der Waals surface area contributed by atoms with Crippen molar-refractivity contribution in [3.8, 4) is 0 Å². The predicted molar refractivity (Wildman–Crippen MR) is 59.3 cm³/mol. The first-order valence-electron chi connectivity index (χ1n) is 3.84. The number of hydrogen-bond donors (Lipinski definition) is 0. The van der Waals surface area contributed by atoms with Gasteiger partial charge in [-0.15, -0.1) is 0 Å². The van der Waals surface area contributed by atoms with Crippen LogP contribution in [0, 0.1) is 6.92 Å². The highest BCUT2D eigenvalue weighted by Crippen LogP contribution is 2.16. The van der Waals surface area contributed by atoms with Crippen molar-refractivity contribution in [3.63, 3.8) is 0 Å². The van der Waals surface area contributed by atoms with Gasteiger partial charge in [0.15, 0.2) is 0 Å². The Bertz CT molecular complexity index is 475. The van der Waals surface area contributed by atoms with Crippen LogP contribution in [-0.4, -0.2) is 13.5 Å². The molecule has 2 aromatic rings. The third-order valence-electron chi connectivity index (χ3n) is 1.90. The maximum atomic E-state index is 11.3. The van der Waals surface area contributed by atoms with E-state index in [1.54, 1.807) is 27.2 Å². The van der Waals surface area contributed by atoms with Crippen molar-refractivity contribution < 1.29 is 4.79 Å². The number of benzene rings is 1. The quantitative estimate of drug-likeness (QED) is 0.551. The van der Waals surface area contributed by atoms with Gasteiger partial charge in [-0.3, -0.25) is 9.36 Å². The number of rotatable bonds is 0. The fraction of sp³-hybridized carbons (Fsp3) is 0.111. The number of fused-ring (bicyclic) bond motifs is 1. The molecule has 1 heterocycles. The van der Waals surface area contributed by atoms with Crippen LogP contribution < -0.4 is 0 Å². The maximum Gasteiger partial charge on any atom is 0.293 e. The van der Waals surface area contributed by atoms with Crippen molar-refractivity contribution in [1.82, 2.24) is 9.55 Å². The van der Waals surface area contributed by atoms with Crippen LogP contribution in [-0.2, 0) is 0 Å². The summed E-state index contributed by atoms with van der Waals surface area (Å²) < 4.78 is 1.58. The van der Waals surface area contributed by atoms with E-state index in [4.69, 9.17) is 0 Å². The number of hydrogen-bond acceptors (Lipinski definition) is 2. The zero-order chi connectivity index (χ0) is 9.42. The molecule has 0 N–H and O–H groups in total. The molecular weight excluding hydrogens is 279 g/mol. The van der Waals surface area contributed by atoms with Gasteiger partial charge in [0.05, 0.1) is 11.0 Å². The molecule has 0 aliphatic heterocycles. The van der Waals surface area contributed by atoms with Crippen LogP contribution in [0.15, 0.2) is 24.3 Å². The molecule has 0 bridgehead atoms. The molecule has 3 nitrogen and oxygen atoms in total. The van der Waals surface area contributed by atoms with Gasteiger partial charge in [-0.05, 0) is 19.1 Å². The standard InChI is InChI=1S/C9H7IN2O/c1-6-11-7-4-2-3-5-8(7)12(6)9(10)13/h2-5H,1H3. The Labute approximate surface area is 88.9 Å². The number of para-hydroxylation sites is 2. The molecule has 13 heavy (non-hydrogen) atoms. The van der Waals surface area contributed by atoms with E-state index in [1.807, 2.05) is 31.2 Å². The molecule has 4 heteroatoms. The molecule has 0 amide bonds. The van der Waals surface area contributed by atoms with Gasteiger partial charge < -0.3 is 0 Å². The second-order valence-corrected chi connectivity index (χ2v) is 3.66. The predicted octanol–water partition coefficient (Wildman–Crippen LogP) is 2.75. The van der Waals surface area contributed by atoms with Crippen LogP contribution in [0.2, 0.25) is 0 Å². The lowest BCUT2D eigenvalue weighted by Crippen LogP contribution is -2.02. The van der Waals surface area contributed by atoms with Crippen LogP contribution in [0.25, 0.3) is 11.0 Å². The van der Waals surface area contributed by atoms with Crippen molar-refractivity contribution in [2.75, 3.05) is 0 Å². The first-order chi connectivity index (χ1) is 6.20. The van der Waals surface area contributed by atoms with Crippen LogP contribution in [0.5, 0.6) is 0 Å². The van der Waals surface area contributed by atoms with Crippen molar-refractivity contribution >= 4 is 37.5 Å². The van der Waals surface area contributed by atoms with E-state index < -0.39 is 0 Å². The zero-order valence-electron chi connectivity index (χ0n) is 6.99. The van der Waals surface area contributed by atoms with E-state index in [9.17, 15) is 4.79 Å². The number of aromatic nitrogens is 2. The Morgan fingerprint density at radius 2 is 2.15 bits per heavy atom. The molecule has 0 aliphatic carbocycles. The summed E-state index contributed by atoms with van der Waals surface area (Å²) in [6, 6.07) is 7.61. The summed E-state index contributed by atoms with van der Waals surface area (Å²) in [6.07, 6.45) is 0. The Balaban J connectivity index is 2.86. The number of carbonyl (C=O) groups is 1. The van der Waals surface area contributed by atoms with Crippen molar-refractivity contribution in [2.45, 2.75) is 6.92 Å². The molecule has 0 fully saturated rings. The van der Waals surface area contributed by atoms with E-state index in [0.29, 0.717) is 0 Å². The van der Waals surface area contributed by atoms with Crippen molar-refractivity contribution in [1.29, 1.82) is 0 Å². The minimum absolute atomic E-state index is 0.0243. The second-order valence-electron chi connectivity index (χ2n) is 2.74. The van der Waals surface area contributed by atoms with Gasteiger partial charge in [0.2, 0.25) is 0 Å². The van der Waals surface area contributed by atoms with E-state index in [-0.39, 0.29) is 3.91 Å². The number of carbonyl (C=O) groups excluding carboxylic acids is 1. The lowest BCUT2D eigenvalue weighted by Gasteiger charge is -1.97. The summed E-state index contributed by atoms with van der Waals surface area (Å²) >= 11 is 1.76. The van der Waals surface area contributed by atoms with Crippen LogP contribution in [0.4, 0.5) is 4.79 Å². The van der Waals surface area contributed by atoms with E-state index in [1.165, 1.54) is 0 Å².